The van der Waals surface area contributed by atoms with Crippen LogP contribution in [0.1, 0.15) is 15.9 Å². The first-order valence-corrected chi connectivity index (χ1v) is 7.06. The third kappa shape index (κ3) is 7.92. The molecule has 1 aromatic carbocycles. The van der Waals surface area contributed by atoms with E-state index in [1.165, 1.54) is 0 Å². The van der Waals surface area contributed by atoms with Crippen molar-refractivity contribution in [1.82, 2.24) is 0 Å². The first-order valence-electron chi connectivity index (χ1n) is 7.06. The summed E-state index contributed by atoms with van der Waals surface area (Å²) in [5, 5.41) is 0. The second-order valence-electron chi connectivity index (χ2n) is 4.51. The van der Waals surface area contributed by atoms with E-state index >= 15 is 0 Å². The fourth-order valence-corrected chi connectivity index (χ4v) is 1.71. The van der Waals surface area contributed by atoms with Gasteiger partial charge in [0.05, 0.1) is 39.6 Å². The Bertz CT molecular complexity index is 405. The Balaban J connectivity index is 1.99. The summed E-state index contributed by atoms with van der Waals surface area (Å²) in [5.74, 6) is -0.00370. The summed E-state index contributed by atoms with van der Waals surface area (Å²) >= 11 is 0. The number of hydrogen-bond acceptors (Lipinski definition) is 5. The molecule has 0 saturated carbocycles. The summed E-state index contributed by atoms with van der Waals surface area (Å²) in [7, 11) is 1.63. The van der Waals surface area contributed by atoms with E-state index in [2.05, 4.69) is 0 Å². The first kappa shape index (κ1) is 17.8. The van der Waals surface area contributed by atoms with E-state index in [9.17, 15) is 4.79 Å². The van der Waals surface area contributed by atoms with Crippen molar-refractivity contribution in [2.45, 2.75) is 6.92 Å². The molecule has 0 unspecified atom stereocenters. The molecule has 0 atom stereocenters. The van der Waals surface area contributed by atoms with Gasteiger partial charge in [-0.2, -0.15) is 0 Å². The topological polar surface area (TPSA) is 54.0 Å². The minimum Gasteiger partial charge on any atom is -0.382 e. The lowest BCUT2D eigenvalue weighted by molar-refractivity contribution is 0.00491. The van der Waals surface area contributed by atoms with E-state index in [0.29, 0.717) is 45.2 Å². The summed E-state index contributed by atoms with van der Waals surface area (Å²) < 4.78 is 20.7. The van der Waals surface area contributed by atoms with E-state index in [-0.39, 0.29) is 12.4 Å². The number of methoxy groups -OCH3 is 1. The standard InChI is InChI=1S/C16H24O5/c1-14-5-3-4-6-15(14)16(17)13-21-12-11-20-10-9-19-8-7-18-2/h3-6H,7-13H2,1-2H3. The van der Waals surface area contributed by atoms with Crippen molar-refractivity contribution in [1.29, 1.82) is 0 Å². The average Bonchev–Trinajstić information content (AvgIpc) is 2.49. The molecule has 0 fully saturated rings. The number of ether oxygens (including phenoxy) is 4. The highest BCUT2D eigenvalue weighted by atomic mass is 16.6. The molecule has 0 saturated heterocycles. The van der Waals surface area contributed by atoms with Crippen LogP contribution in [0.2, 0.25) is 0 Å². The summed E-state index contributed by atoms with van der Waals surface area (Å²) in [6.07, 6.45) is 0. The Morgan fingerprint density at radius 3 is 2.10 bits per heavy atom. The van der Waals surface area contributed by atoms with Gasteiger partial charge >= 0.3 is 0 Å². The van der Waals surface area contributed by atoms with Gasteiger partial charge in [0.2, 0.25) is 0 Å². The summed E-state index contributed by atoms with van der Waals surface area (Å²) in [6.45, 7) is 5.05. The molecule has 0 N–H and O–H groups in total. The van der Waals surface area contributed by atoms with E-state index in [0.717, 1.165) is 5.56 Å². The molecule has 0 radical (unpaired) electrons. The Morgan fingerprint density at radius 1 is 0.905 bits per heavy atom. The van der Waals surface area contributed by atoms with Crippen molar-refractivity contribution in [3.8, 4) is 0 Å². The zero-order valence-corrected chi connectivity index (χ0v) is 12.8. The number of ketones is 1. The summed E-state index contributed by atoms with van der Waals surface area (Å²) in [5.41, 5.74) is 1.68. The zero-order valence-electron chi connectivity index (χ0n) is 12.8. The number of carbonyl (C=O) groups excluding carboxylic acids is 1. The van der Waals surface area contributed by atoms with E-state index in [1.807, 2.05) is 31.2 Å². The third-order valence-electron chi connectivity index (χ3n) is 2.85. The number of rotatable bonds is 12. The van der Waals surface area contributed by atoms with Crippen LogP contribution in [0.4, 0.5) is 0 Å². The molecule has 0 heterocycles. The molecule has 21 heavy (non-hydrogen) atoms. The van der Waals surface area contributed by atoms with Crippen LogP contribution in [-0.4, -0.2) is 59.1 Å². The van der Waals surface area contributed by atoms with Crippen molar-refractivity contribution >= 4 is 5.78 Å². The average molecular weight is 296 g/mol. The third-order valence-corrected chi connectivity index (χ3v) is 2.85. The molecule has 0 aromatic heterocycles. The first-order chi connectivity index (χ1) is 10.3. The molecule has 0 spiro atoms. The number of hydrogen-bond donors (Lipinski definition) is 0. The van der Waals surface area contributed by atoms with Gasteiger partial charge in [0, 0.05) is 12.7 Å². The van der Waals surface area contributed by atoms with Gasteiger partial charge in [-0.15, -0.1) is 0 Å². The van der Waals surface area contributed by atoms with Crippen LogP contribution < -0.4 is 0 Å². The fraction of sp³-hybridized carbons (Fsp3) is 0.562. The predicted octanol–water partition coefficient (Wildman–Crippen LogP) is 1.87. The van der Waals surface area contributed by atoms with Crippen molar-refractivity contribution in [2.75, 3.05) is 53.4 Å². The lowest BCUT2D eigenvalue weighted by Gasteiger charge is -2.07. The smallest absolute Gasteiger partial charge is 0.188 e. The van der Waals surface area contributed by atoms with Crippen molar-refractivity contribution in [3.63, 3.8) is 0 Å². The maximum atomic E-state index is 11.9. The molecule has 1 rings (SSSR count). The Kier molecular flexibility index (Phi) is 9.65. The highest BCUT2D eigenvalue weighted by Crippen LogP contribution is 2.07. The van der Waals surface area contributed by atoms with Crippen molar-refractivity contribution in [2.24, 2.45) is 0 Å². The Morgan fingerprint density at radius 2 is 1.48 bits per heavy atom. The van der Waals surface area contributed by atoms with Gasteiger partial charge in [-0.05, 0) is 12.5 Å². The largest absolute Gasteiger partial charge is 0.382 e. The monoisotopic (exact) mass is 296 g/mol. The van der Waals surface area contributed by atoms with Crippen molar-refractivity contribution in [3.05, 3.63) is 35.4 Å². The normalized spacial score (nSPS) is 10.8. The predicted molar refractivity (Wildman–Crippen MR) is 79.8 cm³/mol. The lowest BCUT2D eigenvalue weighted by atomic mass is 10.1. The van der Waals surface area contributed by atoms with Gasteiger partial charge in [0.25, 0.3) is 0 Å². The van der Waals surface area contributed by atoms with Crippen LogP contribution >= 0.6 is 0 Å². The molecule has 0 bridgehead atoms. The minimum absolute atomic E-state index is 0.00370. The Labute approximate surface area is 126 Å². The highest BCUT2D eigenvalue weighted by Gasteiger charge is 2.07. The molecule has 0 aliphatic carbocycles. The van der Waals surface area contributed by atoms with Crippen LogP contribution in [0.15, 0.2) is 24.3 Å². The van der Waals surface area contributed by atoms with Crippen molar-refractivity contribution < 1.29 is 23.7 Å². The Hall–Kier alpha value is -1.27. The van der Waals surface area contributed by atoms with Crippen LogP contribution in [0, 0.1) is 6.92 Å². The summed E-state index contributed by atoms with van der Waals surface area (Å²) in [6, 6.07) is 7.50. The molecule has 0 aliphatic rings. The van der Waals surface area contributed by atoms with Crippen LogP contribution in [0.25, 0.3) is 0 Å². The summed E-state index contributed by atoms with van der Waals surface area (Å²) in [4.78, 5) is 11.9. The van der Waals surface area contributed by atoms with Gasteiger partial charge < -0.3 is 18.9 Å². The van der Waals surface area contributed by atoms with E-state index in [1.54, 1.807) is 7.11 Å². The van der Waals surface area contributed by atoms with Gasteiger partial charge in [0.15, 0.2) is 5.78 Å². The fourth-order valence-electron chi connectivity index (χ4n) is 1.71. The second-order valence-corrected chi connectivity index (χ2v) is 4.51. The van der Waals surface area contributed by atoms with E-state index in [4.69, 9.17) is 18.9 Å². The molecular formula is C16H24O5. The molecule has 0 aliphatic heterocycles. The number of benzene rings is 1. The molecule has 0 amide bonds. The lowest BCUT2D eigenvalue weighted by Crippen LogP contribution is -2.15. The van der Waals surface area contributed by atoms with Crippen LogP contribution in [0.3, 0.4) is 0 Å². The van der Waals surface area contributed by atoms with Gasteiger partial charge in [0.1, 0.15) is 6.61 Å². The number of Topliss-reactive ketones (excluding diaryl/α,β-unsaturated/α-hetero) is 1. The number of aryl methyl sites for hydroxylation is 1. The van der Waals surface area contributed by atoms with Crippen LogP contribution in [-0.2, 0) is 18.9 Å². The highest BCUT2D eigenvalue weighted by molar-refractivity contribution is 5.98. The van der Waals surface area contributed by atoms with Gasteiger partial charge in [-0.25, -0.2) is 0 Å². The minimum atomic E-state index is -0.00370. The van der Waals surface area contributed by atoms with E-state index < -0.39 is 0 Å². The second kappa shape index (κ2) is 11.4. The van der Waals surface area contributed by atoms with Gasteiger partial charge in [-0.3, -0.25) is 4.79 Å². The maximum Gasteiger partial charge on any atom is 0.188 e. The zero-order chi connectivity index (χ0) is 15.3. The number of carbonyl (C=O) groups is 1. The van der Waals surface area contributed by atoms with Crippen LogP contribution in [0.5, 0.6) is 0 Å². The molecule has 5 heteroatoms. The SMILES string of the molecule is COCCOCCOCCOCC(=O)c1ccccc1C. The van der Waals surface area contributed by atoms with Gasteiger partial charge in [-0.1, -0.05) is 24.3 Å². The molecular weight excluding hydrogens is 272 g/mol. The quantitative estimate of drug-likeness (QED) is 0.435. The molecule has 1 aromatic rings. The molecule has 5 nitrogen and oxygen atoms in total. The molecule has 118 valence electrons. The maximum absolute atomic E-state index is 11.9.